The van der Waals surface area contributed by atoms with Crippen molar-refractivity contribution < 1.29 is 9.13 Å². The molecular formula is C20H22N2+2. The smallest absolute Gasteiger partial charge is 0.208 e. The van der Waals surface area contributed by atoms with Crippen LogP contribution in [0.4, 0.5) is 0 Å². The van der Waals surface area contributed by atoms with Crippen LogP contribution in [0.5, 0.6) is 0 Å². The zero-order chi connectivity index (χ0) is 15.7. The minimum absolute atomic E-state index is 1.21. The van der Waals surface area contributed by atoms with Crippen LogP contribution in [-0.2, 0) is 7.05 Å². The zero-order valence-corrected chi connectivity index (χ0v) is 13.7. The third-order valence-corrected chi connectivity index (χ3v) is 4.35. The van der Waals surface area contributed by atoms with E-state index in [1.807, 2.05) is 11.6 Å². The topological polar surface area (TPSA) is 7.76 Å². The van der Waals surface area contributed by atoms with Gasteiger partial charge in [0.15, 0.2) is 24.8 Å². The number of aromatic nitrogens is 2. The summed E-state index contributed by atoms with van der Waals surface area (Å²) in [4.78, 5) is 0. The number of pyridine rings is 2. The van der Waals surface area contributed by atoms with Crippen LogP contribution in [0, 0.1) is 20.8 Å². The summed E-state index contributed by atoms with van der Waals surface area (Å²) in [5.41, 5.74) is 7.73. The van der Waals surface area contributed by atoms with E-state index in [1.54, 1.807) is 0 Å². The predicted molar refractivity (Wildman–Crippen MR) is 88.8 cm³/mol. The van der Waals surface area contributed by atoms with Gasteiger partial charge in [-0.25, -0.2) is 4.57 Å². The van der Waals surface area contributed by atoms with E-state index in [2.05, 4.69) is 86.5 Å². The highest BCUT2D eigenvalue weighted by molar-refractivity contribution is 5.61. The lowest BCUT2D eigenvalue weighted by atomic mass is 10.0. The molecule has 0 unspecified atom stereocenters. The maximum atomic E-state index is 2.24. The molecule has 0 fully saturated rings. The van der Waals surface area contributed by atoms with E-state index in [-0.39, 0.29) is 0 Å². The van der Waals surface area contributed by atoms with Gasteiger partial charge >= 0.3 is 0 Å². The first-order chi connectivity index (χ1) is 10.5. The van der Waals surface area contributed by atoms with Crippen molar-refractivity contribution >= 4 is 0 Å². The molecule has 0 N–H and O–H groups in total. The highest BCUT2D eigenvalue weighted by Crippen LogP contribution is 2.18. The highest BCUT2D eigenvalue weighted by atomic mass is 14.9. The van der Waals surface area contributed by atoms with E-state index >= 15 is 0 Å². The van der Waals surface area contributed by atoms with Crippen molar-refractivity contribution in [2.45, 2.75) is 20.8 Å². The Labute approximate surface area is 132 Å². The van der Waals surface area contributed by atoms with Crippen LogP contribution in [0.1, 0.15) is 16.7 Å². The van der Waals surface area contributed by atoms with Crippen LogP contribution in [-0.4, -0.2) is 0 Å². The lowest BCUT2D eigenvalue weighted by Crippen LogP contribution is -2.29. The van der Waals surface area contributed by atoms with Crippen molar-refractivity contribution in [3.63, 3.8) is 0 Å². The first kappa shape index (κ1) is 14.5. The fraction of sp³-hybridized carbons (Fsp3) is 0.200. The van der Waals surface area contributed by atoms with E-state index in [1.165, 1.54) is 33.5 Å². The largest absolute Gasteiger partial charge is 0.211 e. The summed E-state index contributed by atoms with van der Waals surface area (Å²) in [6, 6.07) is 13.1. The molecule has 110 valence electrons. The van der Waals surface area contributed by atoms with Gasteiger partial charge in [0.25, 0.3) is 0 Å². The molecule has 0 aliphatic carbocycles. The molecule has 0 aliphatic rings. The zero-order valence-electron chi connectivity index (χ0n) is 13.7. The Hall–Kier alpha value is -2.48. The van der Waals surface area contributed by atoms with Gasteiger partial charge in [0.1, 0.15) is 7.05 Å². The summed E-state index contributed by atoms with van der Waals surface area (Å²) in [5.74, 6) is 0. The molecule has 0 spiro atoms. The third-order valence-electron chi connectivity index (χ3n) is 4.35. The molecule has 2 heteroatoms. The van der Waals surface area contributed by atoms with Gasteiger partial charge in [0.05, 0.1) is 0 Å². The molecule has 0 radical (unpaired) electrons. The predicted octanol–water partition coefficient (Wildman–Crippen LogP) is 3.38. The fourth-order valence-electron chi connectivity index (χ4n) is 2.65. The second-order valence-electron chi connectivity index (χ2n) is 5.95. The standard InChI is InChI=1S/C20H22N2/c1-15-13-20(14-16(2)17(15)3)22-11-7-19(8-12-22)18-5-9-21(4)10-6-18/h5-14H,1-4H3/q+2. The average Bonchev–Trinajstić information content (AvgIpc) is 2.53. The summed E-state index contributed by atoms with van der Waals surface area (Å²) in [7, 11) is 2.03. The second kappa shape index (κ2) is 5.72. The summed E-state index contributed by atoms with van der Waals surface area (Å²) in [6.07, 6.45) is 8.41. The lowest BCUT2D eigenvalue weighted by molar-refractivity contribution is -0.671. The first-order valence-corrected chi connectivity index (χ1v) is 7.60. The fourth-order valence-corrected chi connectivity index (χ4v) is 2.65. The summed E-state index contributed by atoms with van der Waals surface area (Å²) >= 11 is 0. The third kappa shape index (κ3) is 2.77. The quantitative estimate of drug-likeness (QED) is 0.639. The Morgan fingerprint density at radius 3 is 1.64 bits per heavy atom. The molecular weight excluding hydrogens is 268 g/mol. The minimum Gasteiger partial charge on any atom is -0.208 e. The molecule has 0 aliphatic heterocycles. The van der Waals surface area contributed by atoms with E-state index < -0.39 is 0 Å². The molecule has 1 aromatic carbocycles. The number of nitrogens with zero attached hydrogens (tertiary/aromatic N) is 2. The highest BCUT2D eigenvalue weighted by Gasteiger charge is 2.10. The molecule has 3 aromatic rings. The minimum atomic E-state index is 1.21. The Balaban J connectivity index is 1.96. The number of aryl methyl sites for hydroxylation is 3. The van der Waals surface area contributed by atoms with Crippen molar-refractivity contribution in [3.8, 4) is 16.8 Å². The summed E-state index contributed by atoms with van der Waals surface area (Å²) in [6.45, 7) is 6.52. The molecule has 22 heavy (non-hydrogen) atoms. The van der Waals surface area contributed by atoms with Crippen LogP contribution in [0.3, 0.4) is 0 Å². The van der Waals surface area contributed by atoms with Crippen LogP contribution in [0.25, 0.3) is 16.8 Å². The van der Waals surface area contributed by atoms with Gasteiger partial charge < -0.3 is 0 Å². The van der Waals surface area contributed by atoms with Crippen molar-refractivity contribution in [3.05, 3.63) is 77.9 Å². The number of hydrogen-bond donors (Lipinski definition) is 0. The van der Waals surface area contributed by atoms with Crippen LogP contribution >= 0.6 is 0 Å². The second-order valence-corrected chi connectivity index (χ2v) is 5.95. The molecule has 0 amide bonds. The molecule has 0 atom stereocenters. The first-order valence-electron chi connectivity index (χ1n) is 7.60. The number of benzene rings is 1. The van der Waals surface area contributed by atoms with Crippen LogP contribution in [0.15, 0.2) is 61.2 Å². The monoisotopic (exact) mass is 290 g/mol. The van der Waals surface area contributed by atoms with Gasteiger partial charge in [-0.2, -0.15) is 4.57 Å². The van der Waals surface area contributed by atoms with Crippen LogP contribution < -0.4 is 9.13 Å². The average molecular weight is 290 g/mol. The van der Waals surface area contributed by atoms with E-state index in [4.69, 9.17) is 0 Å². The van der Waals surface area contributed by atoms with Gasteiger partial charge in [0.2, 0.25) is 5.69 Å². The Morgan fingerprint density at radius 1 is 0.682 bits per heavy atom. The number of rotatable bonds is 2. The van der Waals surface area contributed by atoms with Gasteiger partial charge in [-0.1, -0.05) is 0 Å². The van der Waals surface area contributed by atoms with Crippen molar-refractivity contribution in [1.29, 1.82) is 0 Å². The van der Waals surface area contributed by atoms with E-state index in [0.717, 1.165) is 0 Å². The van der Waals surface area contributed by atoms with Gasteiger partial charge in [0, 0.05) is 36.4 Å². The van der Waals surface area contributed by atoms with Crippen molar-refractivity contribution in [2.24, 2.45) is 7.05 Å². The molecule has 0 bridgehead atoms. The van der Waals surface area contributed by atoms with E-state index in [9.17, 15) is 0 Å². The molecule has 0 saturated heterocycles. The Bertz CT molecular complexity index is 777. The van der Waals surface area contributed by atoms with Crippen molar-refractivity contribution in [2.75, 3.05) is 0 Å². The summed E-state index contributed by atoms with van der Waals surface area (Å²) < 4.78 is 4.22. The SMILES string of the molecule is Cc1cc(-[n+]2ccc(-c3cc[n+](C)cc3)cc2)cc(C)c1C. The van der Waals surface area contributed by atoms with Crippen molar-refractivity contribution in [1.82, 2.24) is 0 Å². The van der Waals surface area contributed by atoms with Gasteiger partial charge in [-0.15, -0.1) is 0 Å². The molecule has 2 nitrogen and oxygen atoms in total. The Kier molecular flexibility index (Phi) is 3.76. The maximum absolute atomic E-state index is 2.24. The Morgan fingerprint density at radius 2 is 1.14 bits per heavy atom. The number of hydrogen-bond acceptors (Lipinski definition) is 0. The van der Waals surface area contributed by atoms with Crippen LogP contribution in [0.2, 0.25) is 0 Å². The van der Waals surface area contributed by atoms with Gasteiger partial charge in [-0.3, -0.25) is 0 Å². The summed E-state index contributed by atoms with van der Waals surface area (Å²) in [5, 5.41) is 0. The van der Waals surface area contributed by atoms with Gasteiger partial charge in [-0.05, 0) is 48.6 Å². The molecule has 2 heterocycles. The molecule has 2 aromatic heterocycles. The normalized spacial score (nSPS) is 10.7. The molecule has 0 saturated carbocycles. The lowest BCUT2D eigenvalue weighted by Gasteiger charge is -2.06. The molecule has 3 rings (SSSR count). The van der Waals surface area contributed by atoms with E-state index in [0.29, 0.717) is 0 Å². The maximum Gasteiger partial charge on any atom is 0.211 e.